The van der Waals surface area contributed by atoms with E-state index in [1.807, 2.05) is 11.9 Å². The van der Waals surface area contributed by atoms with Crippen LogP contribution in [0.2, 0.25) is 0 Å². The average Bonchev–Trinajstić information content (AvgIpc) is 3.60. The van der Waals surface area contributed by atoms with Crippen molar-refractivity contribution in [3.05, 3.63) is 29.8 Å². The van der Waals surface area contributed by atoms with E-state index >= 15 is 0 Å². The van der Waals surface area contributed by atoms with Gasteiger partial charge in [0, 0.05) is 64.6 Å². The van der Waals surface area contributed by atoms with Crippen molar-refractivity contribution in [3.63, 3.8) is 0 Å². The van der Waals surface area contributed by atoms with Gasteiger partial charge in [-0.3, -0.25) is 14.6 Å². The van der Waals surface area contributed by atoms with Crippen molar-refractivity contribution in [1.82, 2.24) is 14.7 Å². The highest BCUT2D eigenvalue weighted by atomic mass is 16.2. The molecular formula is C23H36N4O. The fraction of sp³-hybridized carbons (Fsp3) is 0.696. The van der Waals surface area contributed by atoms with E-state index in [-0.39, 0.29) is 0 Å². The third-order valence-corrected chi connectivity index (χ3v) is 6.53. The normalized spacial score (nSPS) is 20.6. The van der Waals surface area contributed by atoms with Crippen molar-refractivity contribution in [3.8, 4) is 0 Å². The zero-order valence-corrected chi connectivity index (χ0v) is 17.6. The Hall–Kier alpha value is -1.59. The summed E-state index contributed by atoms with van der Waals surface area (Å²) in [6.45, 7) is 10.4. The van der Waals surface area contributed by atoms with Gasteiger partial charge in [-0.15, -0.1) is 0 Å². The zero-order valence-electron chi connectivity index (χ0n) is 17.6. The van der Waals surface area contributed by atoms with Gasteiger partial charge in [-0.25, -0.2) is 0 Å². The molecule has 1 aliphatic heterocycles. The van der Waals surface area contributed by atoms with E-state index in [4.69, 9.17) is 0 Å². The minimum absolute atomic E-state index is 0.312. The molecule has 4 rings (SSSR count). The first-order chi connectivity index (χ1) is 13.6. The zero-order chi connectivity index (χ0) is 19.5. The van der Waals surface area contributed by atoms with Gasteiger partial charge in [-0.05, 0) is 56.2 Å². The van der Waals surface area contributed by atoms with Gasteiger partial charge in [-0.1, -0.05) is 12.1 Å². The number of benzene rings is 1. The van der Waals surface area contributed by atoms with E-state index in [0.29, 0.717) is 18.5 Å². The predicted octanol–water partition coefficient (Wildman–Crippen LogP) is 2.45. The van der Waals surface area contributed by atoms with Crippen molar-refractivity contribution in [1.29, 1.82) is 0 Å². The molecule has 5 heteroatoms. The van der Waals surface area contributed by atoms with Crippen LogP contribution in [0, 0.1) is 12.8 Å². The maximum atomic E-state index is 12.6. The number of hydrogen-bond donors (Lipinski definition) is 0. The van der Waals surface area contributed by atoms with Gasteiger partial charge in [0.2, 0.25) is 5.91 Å². The highest BCUT2D eigenvalue weighted by Gasteiger charge is 2.31. The highest BCUT2D eigenvalue weighted by Crippen LogP contribution is 2.30. The number of aryl methyl sites for hydroxylation is 1. The molecule has 0 bridgehead atoms. The second kappa shape index (κ2) is 8.83. The summed E-state index contributed by atoms with van der Waals surface area (Å²) in [5.41, 5.74) is 2.68. The number of anilines is 1. The van der Waals surface area contributed by atoms with Gasteiger partial charge >= 0.3 is 0 Å². The second-order valence-electron chi connectivity index (χ2n) is 9.08. The molecule has 5 nitrogen and oxygen atoms in total. The molecule has 2 saturated carbocycles. The lowest BCUT2D eigenvalue weighted by atomic mass is 10.2. The summed E-state index contributed by atoms with van der Waals surface area (Å²) >= 11 is 0. The minimum atomic E-state index is 0.312. The fourth-order valence-corrected chi connectivity index (χ4v) is 4.21. The summed E-state index contributed by atoms with van der Waals surface area (Å²) in [6.07, 6.45) is 5.07. The lowest BCUT2D eigenvalue weighted by Crippen LogP contribution is -2.49. The number of nitrogens with zero attached hydrogens (tertiary/aromatic N) is 4. The number of carbonyl (C=O) groups is 1. The van der Waals surface area contributed by atoms with Crippen LogP contribution in [-0.2, 0) is 4.79 Å². The molecule has 0 atom stereocenters. The quantitative estimate of drug-likeness (QED) is 0.654. The maximum absolute atomic E-state index is 12.6. The van der Waals surface area contributed by atoms with Crippen LogP contribution in [-0.4, -0.2) is 86.1 Å². The Balaban J connectivity index is 1.23. The highest BCUT2D eigenvalue weighted by molar-refractivity contribution is 5.78. The molecule has 3 aliphatic rings. The van der Waals surface area contributed by atoms with Crippen LogP contribution in [0.15, 0.2) is 24.3 Å². The molecule has 0 radical (unpaired) electrons. The molecule has 1 heterocycles. The van der Waals surface area contributed by atoms with Crippen molar-refractivity contribution in [2.24, 2.45) is 5.92 Å². The number of rotatable bonds is 9. The van der Waals surface area contributed by atoms with Gasteiger partial charge in [0.05, 0.1) is 6.54 Å². The number of carbonyl (C=O) groups excluding carboxylic acids is 1. The third kappa shape index (κ3) is 5.48. The molecule has 1 aromatic rings. The summed E-state index contributed by atoms with van der Waals surface area (Å²) < 4.78 is 0. The first-order valence-corrected chi connectivity index (χ1v) is 11.1. The summed E-state index contributed by atoms with van der Waals surface area (Å²) in [5.74, 6) is 1.14. The molecule has 28 heavy (non-hydrogen) atoms. The molecule has 154 valence electrons. The van der Waals surface area contributed by atoms with Crippen LogP contribution in [0.25, 0.3) is 0 Å². The van der Waals surface area contributed by atoms with E-state index in [0.717, 1.165) is 51.7 Å². The van der Waals surface area contributed by atoms with Crippen LogP contribution in [0.1, 0.15) is 31.2 Å². The lowest BCUT2D eigenvalue weighted by Gasteiger charge is -2.37. The Morgan fingerprint density at radius 3 is 2.50 bits per heavy atom. The minimum Gasteiger partial charge on any atom is -0.369 e. The van der Waals surface area contributed by atoms with Crippen LogP contribution < -0.4 is 4.90 Å². The Kier molecular flexibility index (Phi) is 6.22. The third-order valence-electron chi connectivity index (χ3n) is 6.53. The van der Waals surface area contributed by atoms with Gasteiger partial charge in [0.15, 0.2) is 0 Å². The molecule has 1 aromatic carbocycles. The van der Waals surface area contributed by atoms with E-state index in [1.165, 1.54) is 36.9 Å². The van der Waals surface area contributed by atoms with E-state index < -0.39 is 0 Å². The monoisotopic (exact) mass is 384 g/mol. The molecule has 0 unspecified atom stereocenters. The van der Waals surface area contributed by atoms with Gasteiger partial charge in [0.25, 0.3) is 0 Å². The first-order valence-electron chi connectivity index (χ1n) is 11.1. The molecule has 1 saturated heterocycles. The molecule has 3 fully saturated rings. The Labute approximate surface area is 170 Å². The van der Waals surface area contributed by atoms with Gasteiger partial charge < -0.3 is 9.80 Å². The number of likely N-dealkylation sites (N-methyl/N-ethyl adjacent to an activating group) is 1. The predicted molar refractivity (Wildman–Crippen MR) is 115 cm³/mol. The van der Waals surface area contributed by atoms with Crippen LogP contribution >= 0.6 is 0 Å². The molecule has 0 spiro atoms. The van der Waals surface area contributed by atoms with E-state index in [2.05, 4.69) is 45.9 Å². The fourth-order valence-electron chi connectivity index (χ4n) is 4.21. The number of hydrogen-bond acceptors (Lipinski definition) is 4. The van der Waals surface area contributed by atoms with Crippen molar-refractivity contribution in [2.75, 3.05) is 64.3 Å². The molecule has 0 N–H and O–H groups in total. The van der Waals surface area contributed by atoms with E-state index in [9.17, 15) is 4.79 Å². The topological polar surface area (TPSA) is 30.0 Å². The smallest absolute Gasteiger partial charge is 0.236 e. The summed E-state index contributed by atoms with van der Waals surface area (Å²) in [5, 5.41) is 0. The van der Waals surface area contributed by atoms with E-state index in [1.54, 1.807) is 0 Å². The standard InChI is InChI=1S/C23H36N4O/c1-19-4-3-5-22(16-19)27-14-12-25(13-15-27)10-11-26(17-20-6-7-20)18-23(28)24(2)21-8-9-21/h3-5,16,20-21H,6-15,17-18H2,1-2H3. The lowest BCUT2D eigenvalue weighted by molar-refractivity contribution is -0.131. The maximum Gasteiger partial charge on any atom is 0.236 e. The van der Waals surface area contributed by atoms with Gasteiger partial charge in [0.1, 0.15) is 0 Å². The second-order valence-corrected chi connectivity index (χ2v) is 9.08. The Morgan fingerprint density at radius 2 is 1.86 bits per heavy atom. The number of amides is 1. The largest absolute Gasteiger partial charge is 0.369 e. The molecular weight excluding hydrogens is 348 g/mol. The van der Waals surface area contributed by atoms with Crippen LogP contribution in [0.5, 0.6) is 0 Å². The summed E-state index contributed by atoms with van der Waals surface area (Å²) in [6, 6.07) is 9.35. The average molecular weight is 385 g/mol. The first kappa shape index (κ1) is 19.7. The molecule has 2 aliphatic carbocycles. The molecule has 1 amide bonds. The Morgan fingerprint density at radius 1 is 1.11 bits per heavy atom. The summed E-state index contributed by atoms with van der Waals surface area (Å²) in [7, 11) is 1.99. The summed E-state index contributed by atoms with van der Waals surface area (Å²) in [4.78, 5) is 22.1. The van der Waals surface area contributed by atoms with Crippen molar-refractivity contribution < 1.29 is 4.79 Å². The van der Waals surface area contributed by atoms with Crippen molar-refractivity contribution >= 4 is 11.6 Å². The Bertz CT molecular complexity index is 662. The molecule has 0 aromatic heterocycles. The van der Waals surface area contributed by atoms with Crippen LogP contribution in [0.4, 0.5) is 5.69 Å². The van der Waals surface area contributed by atoms with Crippen LogP contribution in [0.3, 0.4) is 0 Å². The van der Waals surface area contributed by atoms with Gasteiger partial charge in [-0.2, -0.15) is 0 Å². The number of piperazine rings is 1. The SMILES string of the molecule is Cc1cccc(N2CCN(CCN(CC(=O)N(C)C3CC3)CC3CC3)CC2)c1. The van der Waals surface area contributed by atoms with Crippen molar-refractivity contribution in [2.45, 2.75) is 38.6 Å².